The summed E-state index contributed by atoms with van der Waals surface area (Å²) in [7, 11) is 0. The van der Waals surface area contributed by atoms with Gasteiger partial charge in [0.2, 0.25) is 0 Å². The van der Waals surface area contributed by atoms with Crippen molar-refractivity contribution in [2.75, 3.05) is 0 Å². The van der Waals surface area contributed by atoms with Gasteiger partial charge in [-0.25, -0.2) is 9.59 Å². The molecule has 0 aromatic heterocycles. The second-order valence-electron chi connectivity index (χ2n) is 1.77. The molecule has 11 heavy (non-hydrogen) atoms. The molecule has 0 unspecified atom stereocenters. The van der Waals surface area contributed by atoms with Gasteiger partial charge in [-0.2, -0.15) is 0 Å². The number of allylic oxidation sites excluding steroid dienone is 1. The number of ether oxygens (including phenoxy) is 1. The van der Waals surface area contributed by atoms with Crippen LogP contribution in [0.15, 0.2) is 22.9 Å². The number of carboxylic acids is 1. The van der Waals surface area contributed by atoms with E-state index < -0.39 is 11.9 Å². The summed E-state index contributed by atoms with van der Waals surface area (Å²) in [6.45, 7) is 0. The van der Waals surface area contributed by atoms with Crippen LogP contribution >= 0.6 is 11.6 Å². The van der Waals surface area contributed by atoms with E-state index in [4.69, 9.17) is 16.7 Å². The molecule has 0 aliphatic carbocycles. The summed E-state index contributed by atoms with van der Waals surface area (Å²) >= 11 is 5.29. The maximum absolute atomic E-state index is 10.5. The van der Waals surface area contributed by atoms with Gasteiger partial charge in [-0.05, 0) is 0 Å². The molecular formula is C6H3ClO4. The van der Waals surface area contributed by atoms with Crippen LogP contribution < -0.4 is 0 Å². The molecule has 5 heteroatoms. The number of hydrogen-bond donors (Lipinski definition) is 1. The van der Waals surface area contributed by atoms with Crippen LogP contribution in [0.3, 0.4) is 0 Å². The molecule has 1 aliphatic rings. The zero-order chi connectivity index (χ0) is 8.43. The molecule has 1 rings (SSSR count). The van der Waals surface area contributed by atoms with Crippen LogP contribution in [-0.2, 0) is 14.3 Å². The van der Waals surface area contributed by atoms with Crippen LogP contribution in [0, 0.1) is 0 Å². The van der Waals surface area contributed by atoms with Gasteiger partial charge in [-0.1, -0.05) is 11.6 Å². The second kappa shape index (κ2) is 2.75. The molecule has 0 fully saturated rings. The molecule has 4 nitrogen and oxygen atoms in total. The topological polar surface area (TPSA) is 63.6 Å². The summed E-state index contributed by atoms with van der Waals surface area (Å²) in [5.41, 5.74) is 0. The molecule has 0 saturated heterocycles. The Morgan fingerprint density at radius 2 is 2.36 bits per heavy atom. The smallest absolute Gasteiger partial charge is 0.355 e. The Morgan fingerprint density at radius 1 is 1.73 bits per heavy atom. The first kappa shape index (κ1) is 7.81. The SMILES string of the molecule is O=C(O)C=C1C=C(Cl)C(=O)O1. The van der Waals surface area contributed by atoms with Gasteiger partial charge in [-0.3, -0.25) is 0 Å². The fourth-order valence-electron chi connectivity index (χ4n) is 0.562. The van der Waals surface area contributed by atoms with E-state index in [1.807, 2.05) is 0 Å². The van der Waals surface area contributed by atoms with Gasteiger partial charge in [-0.15, -0.1) is 0 Å². The third kappa shape index (κ3) is 1.81. The largest absolute Gasteiger partial charge is 0.478 e. The zero-order valence-electron chi connectivity index (χ0n) is 5.20. The highest BCUT2D eigenvalue weighted by Crippen LogP contribution is 2.19. The molecule has 0 amide bonds. The van der Waals surface area contributed by atoms with Crippen LogP contribution in [0.1, 0.15) is 0 Å². The molecule has 0 bridgehead atoms. The normalized spacial score (nSPS) is 19.9. The molecule has 1 N–H and O–H groups in total. The predicted octanol–water partition coefficient (Wildman–Crippen LogP) is 0.634. The highest BCUT2D eigenvalue weighted by molar-refractivity contribution is 6.42. The van der Waals surface area contributed by atoms with Crippen molar-refractivity contribution >= 4 is 23.5 Å². The van der Waals surface area contributed by atoms with Gasteiger partial charge in [0.05, 0.1) is 6.08 Å². The summed E-state index contributed by atoms with van der Waals surface area (Å²) in [5, 5.41) is 8.09. The van der Waals surface area contributed by atoms with Crippen molar-refractivity contribution < 1.29 is 19.4 Å². The van der Waals surface area contributed by atoms with Gasteiger partial charge < -0.3 is 9.84 Å². The average Bonchev–Trinajstić information content (AvgIpc) is 2.10. The minimum absolute atomic E-state index is 0.0486. The molecule has 0 spiro atoms. The first-order valence-corrected chi connectivity index (χ1v) is 3.01. The van der Waals surface area contributed by atoms with Crippen molar-refractivity contribution in [2.24, 2.45) is 0 Å². The summed E-state index contributed by atoms with van der Waals surface area (Å²) in [5.74, 6) is -1.96. The molecule has 0 aromatic carbocycles. The summed E-state index contributed by atoms with van der Waals surface area (Å²) < 4.78 is 4.40. The fraction of sp³-hybridized carbons (Fsp3) is 0. The summed E-state index contributed by atoms with van der Waals surface area (Å²) in [6.07, 6.45) is 1.91. The maximum Gasteiger partial charge on any atom is 0.355 e. The number of halogens is 1. The molecule has 0 radical (unpaired) electrons. The van der Waals surface area contributed by atoms with Crippen LogP contribution in [0.5, 0.6) is 0 Å². The Balaban J connectivity index is 2.83. The van der Waals surface area contributed by atoms with Crippen LogP contribution in [0.25, 0.3) is 0 Å². The molecule has 1 heterocycles. The van der Waals surface area contributed by atoms with Crippen molar-refractivity contribution in [1.82, 2.24) is 0 Å². The maximum atomic E-state index is 10.5. The number of hydrogen-bond acceptors (Lipinski definition) is 3. The van der Waals surface area contributed by atoms with Gasteiger partial charge in [0, 0.05) is 6.08 Å². The Morgan fingerprint density at radius 3 is 2.73 bits per heavy atom. The number of carbonyl (C=O) groups is 2. The standard InChI is InChI=1S/C6H3ClO4/c7-4-1-3(2-5(8)9)11-6(4)10/h1-2H,(H,8,9). The van der Waals surface area contributed by atoms with Gasteiger partial charge in [0.15, 0.2) is 0 Å². The number of carbonyl (C=O) groups excluding carboxylic acids is 1. The summed E-state index contributed by atoms with van der Waals surface area (Å²) in [6, 6.07) is 0. The second-order valence-corrected chi connectivity index (χ2v) is 2.17. The van der Waals surface area contributed by atoms with E-state index in [0.29, 0.717) is 0 Å². The third-order valence-electron chi connectivity index (χ3n) is 0.940. The number of carboxylic acid groups (broad SMARTS) is 1. The van der Waals surface area contributed by atoms with E-state index in [0.717, 1.165) is 12.2 Å². The van der Waals surface area contributed by atoms with Crippen LogP contribution in [-0.4, -0.2) is 17.0 Å². The first-order valence-electron chi connectivity index (χ1n) is 2.63. The molecule has 1 aliphatic heterocycles. The Bertz CT molecular complexity index is 276. The Kier molecular flexibility index (Phi) is 1.96. The molecule has 58 valence electrons. The molecule has 0 saturated carbocycles. The lowest BCUT2D eigenvalue weighted by Gasteiger charge is -1.90. The minimum atomic E-state index is -1.18. The van der Waals surface area contributed by atoms with Gasteiger partial charge >= 0.3 is 11.9 Å². The fourth-order valence-corrected chi connectivity index (χ4v) is 0.708. The third-order valence-corrected chi connectivity index (χ3v) is 1.20. The van der Waals surface area contributed by atoms with E-state index in [2.05, 4.69) is 4.74 Å². The lowest BCUT2D eigenvalue weighted by Crippen LogP contribution is -1.96. The van der Waals surface area contributed by atoms with Crippen molar-refractivity contribution in [3.8, 4) is 0 Å². The number of rotatable bonds is 1. The summed E-state index contributed by atoms with van der Waals surface area (Å²) in [4.78, 5) is 20.5. The first-order chi connectivity index (χ1) is 5.09. The van der Waals surface area contributed by atoms with E-state index in [1.165, 1.54) is 0 Å². The molecule has 0 aromatic rings. The monoisotopic (exact) mass is 174 g/mol. The van der Waals surface area contributed by atoms with Crippen LogP contribution in [0.2, 0.25) is 0 Å². The number of aliphatic carboxylic acids is 1. The van der Waals surface area contributed by atoms with Gasteiger partial charge in [0.25, 0.3) is 0 Å². The van der Waals surface area contributed by atoms with E-state index in [1.54, 1.807) is 0 Å². The Hall–Kier alpha value is -1.29. The highest BCUT2D eigenvalue weighted by Gasteiger charge is 2.19. The van der Waals surface area contributed by atoms with E-state index >= 15 is 0 Å². The lowest BCUT2D eigenvalue weighted by atomic mass is 10.4. The number of esters is 1. The van der Waals surface area contributed by atoms with Crippen molar-refractivity contribution in [3.05, 3.63) is 22.9 Å². The Labute approximate surface area is 66.7 Å². The minimum Gasteiger partial charge on any atom is -0.478 e. The average molecular weight is 175 g/mol. The molecular weight excluding hydrogens is 172 g/mol. The quantitative estimate of drug-likeness (QED) is 0.468. The van der Waals surface area contributed by atoms with E-state index in [9.17, 15) is 9.59 Å². The zero-order valence-corrected chi connectivity index (χ0v) is 5.96. The predicted molar refractivity (Wildman–Crippen MR) is 35.7 cm³/mol. The van der Waals surface area contributed by atoms with Crippen LogP contribution in [0.4, 0.5) is 0 Å². The van der Waals surface area contributed by atoms with E-state index in [-0.39, 0.29) is 10.8 Å². The van der Waals surface area contributed by atoms with Crippen molar-refractivity contribution in [3.63, 3.8) is 0 Å². The highest BCUT2D eigenvalue weighted by atomic mass is 35.5. The van der Waals surface area contributed by atoms with Gasteiger partial charge in [0.1, 0.15) is 10.8 Å². The van der Waals surface area contributed by atoms with Crippen molar-refractivity contribution in [2.45, 2.75) is 0 Å². The van der Waals surface area contributed by atoms with Crippen molar-refractivity contribution in [1.29, 1.82) is 0 Å². The molecule has 0 atom stereocenters. The lowest BCUT2D eigenvalue weighted by molar-refractivity contribution is -0.133. The number of cyclic esters (lactones) is 1.